The first kappa shape index (κ1) is 19.4. The first-order chi connectivity index (χ1) is 10.7. The van der Waals surface area contributed by atoms with Crippen molar-refractivity contribution in [3.8, 4) is 5.75 Å². The minimum absolute atomic E-state index is 0. The number of halogens is 1. The largest absolute Gasteiger partial charge is 0.495 e. The molecule has 5 nitrogen and oxygen atoms in total. The number of aliphatic imine (C=N–C) groups is 1. The SMILES string of the molecule is COc1ccccc1NC(N)=NCCS(=O)c1ccccc1.I. The fourth-order valence-electron chi connectivity index (χ4n) is 1.86. The third-order valence-corrected chi connectivity index (χ3v) is 4.29. The molecule has 0 aliphatic carbocycles. The minimum atomic E-state index is -1.07. The normalized spacial score (nSPS) is 12.1. The van der Waals surface area contributed by atoms with Crippen LogP contribution in [-0.4, -0.2) is 29.6 Å². The van der Waals surface area contributed by atoms with Gasteiger partial charge < -0.3 is 15.8 Å². The first-order valence-electron chi connectivity index (χ1n) is 6.84. The van der Waals surface area contributed by atoms with Crippen LogP contribution in [0.25, 0.3) is 0 Å². The molecule has 0 fully saturated rings. The Balaban J connectivity index is 0.00000264. The van der Waals surface area contributed by atoms with Crippen LogP contribution in [0.4, 0.5) is 5.69 Å². The second-order valence-corrected chi connectivity index (χ2v) is 6.03. The molecule has 0 spiro atoms. The zero-order chi connectivity index (χ0) is 15.8. The molecule has 2 rings (SSSR count). The second kappa shape index (κ2) is 10.2. The summed E-state index contributed by atoms with van der Waals surface area (Å²) >= 11 is 0. The van der Waals surface area contributed by atoms with Crippen molar-refractivity contribution in [3.63, 3.8) is 0 Å². The van der Waals surface area contributed by atoms with Gasteiger partial charge in [-0.3, -0.25) is 9.20 Å². The van der Waals surface area contributed by atoms with Crippen molar-refractivity contribution in [2.45, 2.75) is 4.90 Å². The molecular weight excluding hydrogens is 425 g/mol. The van der Waals surface area contributed by atoms with Crippen LogP contribution in [0.3, 0.4) is 0 Å². The summed E-state index contributed by atoms with van der Waals surface area (Å²) in [6.07, 6.45) is 0. The smallest absolute Gasteiger partial charge is 0.193 e. The monoisotopic (exact) mass is 445 g/mol. The molecule has 0 heterocycles. The Kier molecular flexibility index (Phi) is 8.64. The maximum Gasteiger partial charge on any atom is 0.193 e. The average molecular weight is 445 g/mol. The van der Waals surface area contributed by atoms with E-state index in [-0.39, 0.29) is 29.9 Å². The molecule has 1 unspecified atom stereocenters. The van der Waals surface area contributed by atoms with Gasteiger partial charge in [-0.2, -0.15) is 0 Å². The number of rotatable bonds is 6. The number of ether oxygens (including phenoxy) is 1. The van der Waals surface area contributed by atoms with Gasteiger partial charge in [-0.1, -0.05) is 30.3 Å². The van der Waals surface area contributed by atoms with Crippen LogP contribution < -0.4 is 15.8 Å². The zero-order valence-corrected chi connectivity index (χ0v) is 15.9. The van der Waals surface area contributed by atoms with E-state index in [2.05, 4.69) is 10.3 Å². The van der Waals surface area contributed by atoms with Gasteiger partial charge in [0.2, 0.25) is 0 Å². The molecule has 0 saturated heterocycles. The van der Waals surface area contributed by atoms with Crippen molar-refractivity contribution in [1.29, 1.82) is 0 Å². The van der Waals surface area contributed by atoms with Gasteiger partial charge in [0.25, 0.3) is 0 Å². The Bertz CT molecular complexity index is 665. The molecule has 7 heteroatoms. The van der Waals surface area contributed by atoms with Crippen LogP contribution >= 0.6 is 24.0 Å². The third kappa shape index (κ3) is 6.19. The molecule has 0 radical (unpaired) electrons. The lowest BCUT2D eigenvalue weighted by Crippen LogP contribution is -2.23. The quantitative estimate of drug-likeness (QED) is 0.408. The van der Waals surface area contributed by atoms with E-state index in [1.165, 1.54) is 0 Å². The first-order valence-corrected chi connectivity index (χ1v) is 8.16. The summed E-state index contributed by atoms with van der Waals surface area (Å²) in [5.41, 5.74) is 6.58. The third-order valence-electron chi connectivity index (χ3n) is 2.93. The number of para-hydroxylation sites is 2. The van der Waals surface area contributed by atoms with Crippen molar-refractivity contribution < 1.29 is 8.95 Å². The molecule has 0 aromatic heterocycles. The molecule has 124 valence electrons. The summed E-state index contributed by atoms with van der Waals surface area (Å²) < 4.78 is 17.3. The lowest BCUT2D eigenvalue weighted by molar-refractivity contribution is 0.417. The van der Waals surface area contributed by atoms with Crippen molar-refractivity contribution in [3.05, 3.63) is 54.6 Å². The molecule has 0 amide bonds. The summed E-state index contributed by atoms with van der Waals surface area (Å²) in [7, 11) is 0.527. The van der Waals surface area contributed by atoms with Crippen LogP contribution in [0.2, 0.25) is 0 Å². The van der Waals surface area contributed by atoms with E-state index in [1.54, 1.807) is 7.11 Å². The Morgan fingerprint density at radius 1 is 1.17 bits per heavy atom. The number of benzene rings is 2. The molecule has 0 saturated carbocycles. The minimum Gasteiger partial charge on any atom is -0.495 e. The number of hydrogen-bond acceptors (Lipinski definition) is 3. The lowest BCUT2D eigenvalue weighted by atomic mass is 10.3. The van der Waals surface area contributed by atoms with Gasteiger partial charge in [-0.25, -0.2) is 0 Å². The number of nitrogens with two attached hydrogens (primary N) is 1. The zero-order valence-electron chi connectivity index (χ0n) is 12.8. The summed E-state index contributed by atoms with van der Waals surface area (Å²) in [5, 5.41) is 2.98. The van der Waals surface area contributed by atoms with Gasteiger partial charge >= 0.3 is 0 Å². The Morgan fingerprint density at radius 3 is 2.52 bits per heavy atom. The van der Waals surface area contributed by atoms with E-state index in [0.717, 1.165) is 10.6 Å². The Morgan fingerprint density at radius 2 is 1.83 bits per heavy atom. The van der Waals surface area contributed by atoms with Crippen LogP contribution in [-0.2, 0) is 10.8 Å². The number of nitrogens with one attached hydrogen (secondary N) is 1. The van der Waals surface area contributed by atoms with Gasteiger partial charge in [0.1, 0.15) is 5.75 Å². The molecule has 23 heavy (non-hydrogen) atoms. The van der Waals surface area contributed by atoms with E-state index >= 15 is 0 Å². The predicted molar refractivity (Wildman–Crippen MR) is 106 cm³/mol. The van der Waals surface area contributed by atoms with Crippen molar-refractivity contribution >= 4 is 46.4 Å². The molecule has 0 aliphatic heterocycles. The number of hydrogen-bond donors (Lipinski definition) is 2. The molecule has 0 aliphatic rings. The summed E-state index contributed by atoms with van der Waals surface area (Å²) in [6.45, 7) is 0.384. The van der Waals surface area contributed by atoms with Gasteiger partial charge in [0.15, 0.2) is 5.96 Å². The molecular formula is C16H20IN3O2S. The van der Waals surface area contributed by atoms with Crippen LogP contribution in [0.15, 0.2) is 64.5 Å². The predicted octanol–water partition coefficient (Wildman–Crippen LogP) is 2.85. The van der Waals surface area contributed by atoms with E-state index in [9.17, 15) is 4.21 Å². The Hall–Kier alpha value is -1.61. The highest BCUT2D eigenvalue weighted by molar-refractivity contribution is 14.0. The van der Waals surface area contributed by atoms with E-state index in [1.807, 2.05) is 54.6 Å². The summed E-state index contributed by atoms with van der Waals surface area (Å²) in [4.78, 5) is 4.99. The van der Waals surface area contributed by atoms with Gasteiger partial charge in [0.05, 0.1) is 30.1 Å². The van der Waals surface area contributed by atoms with Gasteiger partial charge in [-0.05, 0) is 24.3 Å². The van der Waals surface area contributed by atoms with Crippen LogP contribution in [0, 0.1) is 0 Å². The van der Waals surface area contributed by atoms with Gasteiger partial charge in [0, 0.05) is 10.6 Å². The van der Waals surface area contributed by atoms with Crippen molar-refractivity contribution in [1.82, 2.24) is 0 Å². The highest BCUT2D eigenvalue weighted by Crippen LogP contribution is 2.22. The van der Waals surface area contributed by atoms with E-state index in [0.29, 0.717) is 18.0 Å². The molecule has 0 bridgehead atoms. The highest BCUT2D eigenvalue weighted by Gasteiger charge is 2.04. The summed E-state index contributed by atoms with van der Waals surface area (Å²) in [6, 6.07) is 16.8. The molecule has 2 aromatic rings. The standard InChI is InChI=1S/C16H19N3O2S.HI/c1-21-15-10-6-5-9-14(15)19-16(17)18-11-12-22(20)13-7-3-2-4-8-13;/h2-10H,11-12H2,1H3,(H3,17,18,19);1H. The molecule has 2 aromatic carbocycles. The number of methoxy groups -OCH3 is 1. The van der Waals surface area contributed by atoms with Crippen molar-refractivity contribution in [2.24, 2.45) is 10.7 Å². The average Bonchev–Trinajstić information content (AvgIpc) is 2.56. The van der Waals surface area contributed by atoms with Crippen LogP contribution in [0.5, 0.6) is 5.75 Å². The highest BCUT2D eigenvalue weighted by atomic mass is 127. The molecule has 1 atom stereocenters. The number of nitrogens with zero attached hydrogens (tertiary/aromatic N) is 1. The fourth-order valence-corrected chi connectivity index (χ4v) is 2.82. The maximum absolute atomic E-state index is 12.0. The number of anilines is 1. The second-order valence-electron chi connectivity index (χ2n) is 4.45. The topological polar surface area (TPSA) is 76.7 Å². The summed E-state index contributed by atoms with van der Waals surface area (Å²) in [5.74, 6) is 1.39. The van der Waals surface area contributed by atoms with E-state index < -0.39 is 10.8 Å². The lowest BCUT2D eigenvalue weighted by Gasteiger charge is -2.10. The Labute approximate surface area is 155 Å². The van der Waals surface area contributed by atoms with Crippen LogP contribution in [0.1, 0.15) is 0 Å². The van der Waals surface area contributed by atoms with E-state index in [4.69, 9.17) is 10.5 Å². The fraction of sp³-hybridized carbons (Fsp3) is 0.188. The number of guanidine groups is 1. The van der Waals surface area contributed by atoms with Crippen molar-refractivity contribution in [2.75, 3.05) is 24.7 Å². The molecule has 3 N–H and O–H groups in total. The van der Waals surface area contributed by atoms with Gasteiger partial charge in [-0.15, -0.1) is 24.0 Å². The maximum atomic E-state index is 12.0.